The Morgan fingerprint density at radius 3 is 2.48 bits per heavy atom. The third kappa shape index (κ3) is 4.18. The van der Waals surface area contributed by atoms with Gasteiger partial charge in [-0.2, -0.15) is 4.31 Å². The monoisotopic (exact) mass is 364 g/mol. The van der Waals surface area contributed by atoms with E-state index in [1.165, 1.54) is 16.4 Å². The van der Waals surface area contributed by atoms with E-state index in [-0.39, 0.29) is 5.82 Å². The average Bonchev–Trinajstić information content (AvgIpc) is 2.63. The highest BCUT2D eigenvalue weighted by molar-refractivity contribution is 7.89. The fourth-order valence-electron chi connectivity index (χ4n) is 2.80. The number of morpholine rings is 1. The molecule has 0 aliphatic carbocycles. The van der Waals surface area contributed by atoms with Crippen molar-refractivity contribution in [1.82, 2.24) is 4.31 Å². The van der Waals surface area contributed by atoms with Gasteiger partial charge >= 0.3 is 0 Å². The molecule has 1 heterocycles. The van der Waals surface area contributed by atoms with Crippen LogP contribution in [0.1, 0.15) is 5.56 Å². The van der Waals surface area contributed by atoms with Gasteiger partial charge in [-0.3, -0.25) is 0 Å². The first-order valence-corrected chi connectivity index (χ1v) is 9.54. The summed E-state index contributed by atoms with van der Waals surface area (Å²) in [5, 5.41) is 0. The maximum Gasteiger partial charge on any atom is 0.243 e. The van der Waals surface area contributed by atoms with Crippen molar-refractivity contribution in [2.24, 2.45) is 0 Å². The van der Waals surface area contributed by atoms with E-state index in [0.717, 1.165) is 11.3 Å². The highest BCUT2D eigenvalue weighted by Crippen LogP contribution is 2.21. The maximum atomic E-state index is 13.0. The molecule has 25 heavy (non-hydrogen) atoms. The molecule has 1 aliphatic rings. The molecule has 0 unspecified atom stereocenters. The Hall–Kier alpha value is -1.96. The number of sulfonamides is 1. The predicted octanol–water partition coefficient (Wildman–Crippen LogP) is 2.48. The summed E-state index contributed by atoms with van der Waals surface area (Å²) in [7, 11) is -1.62. The molecule has 1 saturated heterocycles. The number of rotatable bonds is 5. The summed E-state index contributed by atoms with van der Waals surface area (Å²) in [4.78, 5) is 2.24. The van der Waals surface area contributed by atoms with E-state index in [0.29, 0.717) is 37.7 Å². The van der Waals surface area contributed by atoms with Crippen LogP contribution in [-0.4, -0.2) is 46.1 Å². The van der Waals surface area contributed by atoms with Gasteiger partial charge in [-0.15, -0.1) is 0 Å². The predicted molar refractivity (Wildman–Crippen MR) is 94.5 cm³/mol. The normalized spacial score (nSPS) is 15.9. The topological polar surface area (TPSA) is 49.9 Å². The van der Waals surface area contributed by atoms with Crippen molar-refractivity contribution in [2.75, 3.05) is 38.3 Å². The fourth-order valence-corrected chi connectivity index (χ4v) is 4.28. The average molecular weight is 364 g/mol. The molecule has 0 radical (unpaired) electrons. The Morgan fingerprint density at radius 1 is 1.12 bits per heavy atom. The summed E-state index contributed by atoms with van der Waals surface area (Å²) in [5.41, 5.74) is 1.74. The van der Waals surface area contributed by atoms with Crippen LogP contribution < -0.4 is 4.90 Å². The molecule has 1 aliphatic heterocycles. The number of halogens is 1. The lowest BCUT2D eigenvalue weighted by molar-refractivity contribution is 0.0730. The molecule has 134 valence electrons. The van der Waals surface area contributed by atoms with E-state index in [9.17, 15) is 12.8 Å². The van der Waals surface area contributed by atoms with Gasteiger partial charge < -0.3 is 9.64 Å². The SMILES string of the molecule is CN(Cc1cccc(S(=O)(=O)N2CCOCC2)c1)c1ccc(F)cc1. The van der Waals surface area contributed by atoms with Gasteiger partial charge in [-0.25, -0.2) is 12.8 Å². The van der Waals surface area contributed by atoms with Crippen molar-refractivity contribution < 1.29 is 17.5 Å². The van der Waals surface area contributed by atoms with Gasteiger partial charge in [0.25, 0.3) is 0 Å². The Balaban J connectivity index is 1.78. The zero-order chi connectivity index (χ0) is 17.9. The van der Waals surface area contributed by atoms with Crippen LogP contribution >= 0.6 is 0 Å². The van der Waals surface area contributed by atoms with Crippen molar-refractivity contribution in [3.05, 3.63) is 59.9 Å². The summed E-state index contributed by atoms with van der Waals surface area (Å²) >= 11 is 0. The van der Waals surface area contributed by atoms with Crippen molar-refractivity contribution in [3.8, 4) is 0 Å². The van der Waals surface area contributed by atoms with Crippen LogP contribution in [0.15, 0.2) is 53.4 Å². The molecule has 7 heteroatoms. The minimum atomic E-state index is -3.51. The summed E-state index contributed by atoms with van der Waals surface area (Å²) in [6.45, 7) is 2.13. The minimum Gasteiger partial charge on any atom is -0.379 e. The van der Waals surface area contributed by atoms with Gasteiger partial charge in [0.15, 0.2) is 0 Å². The van der Waals surface area contributed by atoms with E-state index in [1.807, 2.05) is 18.0 Å². The molecule has 0 saturated carbocycles. The van der Waals surface area contributed by atoms with E-state index in [2.05, 4.69) is 0 Å². The Morgan fingerprint density at radius 2 is 1.80 bits per heavy atom. The van der Waals surface area contributed by atoms with Gasteiger partial charge in [0.1, 0.15) is 5.82 Å². The molecule has 2 aromatic rings. The molecule has 0 amide bonds. The molecular weight excluding hydrogens is 343 g/mol. The van der Waals surface area contributed by atoms with Crippen molar-refractivity contribution in [2.45, 2.75) is 11.4 Å². The maximum absolute atomic E-state index is 13.0. The standard InChI is InChI=1S/C18H21FN2O3S/c1-20(17-7-5-16(19)6-8-17)14-15-3-2-4-18(13-15)25(22,23)21-9-11-24-12-10-21/h2-8,13H,9-12,14H2,1H3. The van der Waals surface area contributed by atoms with Gasteiger partial charge in [-0.1, -0.05) is 12.1 Å². The van der Waals surface area contributed by atoms with E-state index in [1.54, 1.807) is 30.3 Å². The largest absolute Gasteiger partial charge is 0.379 e. The second-order valence-electron chi connectivity index (χ2n) is 6.00. The Kier molecular flexibility index (Phi) is 5.36. The van der Waals surface area contributed by atoms with Gasteiger partial charge in [0.05, 0.1) is 18.1 Å². The number of hydrogen-bond acceptors (Lipinski definition) is 4. The summed E-state index contributed by atoms with van der Waals surface area (Å²) < 4.78 is 45.2. The molecule has 0 atom stereocenters. The number of ether oxygens (including phenoxy) is 1. The molecular formula is C18H21FN2O3S. The van der Waals surface area contributed by atoms with Crippen molar-refractivity contribution in [1.29, 1.82) is 0 Å². The summed E-state index contributed by atoms with van der Waals surface area (Å²) in [6.07, 6.45) is 0. The molecule has 0 spiro atoms. The van der Waals surface area contributed by atoms with Gasteiger partial charge in [-0.05, 0) is 42.0 Å². The van der Waals surface area contributed by atoms with Crippen LogP contribution in [0.25, 0.3) is 0 Å². The highest BCUT2D eigenvalue weighted by atomic mass is 32.2. The Labute approximate surface area is 147 Å². The number of hydrogen-bond donors (Lipinski definition) is 0. The lowest BCUT2D eigenvalue weighted by Crippen LogP contribution is -2.40. The first-order valence-electron chi connectivity index (χ1n) is 8.10. The molecule has 0 aromatic heterocycles. The molecule has 0 N–H and O–H groups in total. The highest BCUT2D eigenvalue weighted by Gasteiger charge is 2.26. The second kappa shape index (κ2) is 7.51. The summed E-state index contributed by atoms with van der Waals surface area (Å²) in [5.74, 6) is -0.282. The van der Waals surface area contributed by atoms with Crippen LogP contribution in [0.2, 0.25) is 0 Å². The van der Waals surface area contributed by atoms with Crippen molar-refractivity contribution >= 4 is 15.7 Å². The fraction of sp³-hybridized carbons (Fsp3) is 0.333. The lowest BCUT2D eigenvalue weighted by atomic mass is 10.2. The minimum absolute atomic E-state index is 0.282. The number of benzene rings is 2. The molecule has 5 nitrogen and oxygen atoms in total. The zero-order valence-electron chi connectivity index (χ0n) is 14.1. The third-order valence-corrected chi connectivity index (χ3v) is 6.09. The third-order valence-electron chi connectivity index (χ3n) is 4.19. The molecule has 3 rings (SSSR count). The van der Waals surface area contributed by atoms with Crippen molar-refractivity contribution in [3.63, 3.8) is 0 Å². The summed E-state index contributed by atoms with van der Waals surface area (Å²) in [6, 6.07) is 13.2. The quantitative estimate of drug-likeness (QED) is 0.818. The van der Waals surface area contributed by atoms with Crippen LogP contribution in [0, 0.1) is 5.82 Å². The van der Waals surface area contributed by atoms with E-state index >= 15 is 0 Å². The van der Waals surface area contributed by atoms with Crippen LogP contribution in [0.3, 0.4) is 0 Å². The molecule has 1 fully saturated rings. The first-order chi connectivity index (χ1) is 12.0. The van der Waals surface area contributed by atoms with E-state index in [4.69, 9.17) is 4.74 Å². The van der Waals surface area contributed by atoms with E-state index < -0.39 is 10.0 Å². The van der Waals surface area contributed by atoms with Crippen LogP contribution in [0.4, 0.5) is 10.1 Å². The Bertz CT molecular complexity index is 818. The number of anilines is 1. The smallest absolute Gasteiger partial charge is 0.243 e. The molecule has 2 aromatic carbocycles. The van der Waals surface area contributed by atoms with Crippen LogP contribution in [0.5, 0.6) is 0 Å². The molecule has 0 bridgehead atoms. The van der Waals surface area contributed by atoms with Crippen LogP contribution in [-0.2, 0) is 21.3 Å². The van der Waals surface area contributed by atoms with Gasteiger partial charge in [0.2, 0.25) is 10.0 Å². The lowest BCUT2D eigenvalue weighted by Gasteiger charge is -2.26. The number of nitrogens with zero attached hydrogens (tertiary/aromatic N) is 2. The first kappa shape index (κ1) is 17.8. The van der Waals surface area contributed by atoms with Gasteiger partial charge in [0, 0.05) is 32.4 Å². The second-order valence-corrected chi connectivity index (χ2v) is 7.93. The zero-order valence-corrected chi connectivity index (χ0v) is 14.9.